The Balaban J connectivity index is 1.57. The first-order chi connectivity index (χ1) is 14.7. The molecule has 0 saturated heterocycles. The Morgan fingerprint density at radius 1 is 0.867 bits per heavy atom. The molecule has 0 aliphatic rings. The molecule has 1 amide bonds. The van der Waals surface area contributed by atoms with Crippen LogP contribution in [-0.2, 0) is 0 Å². The van der Waals surface area contributed by atoms with E-state index in [4.69, 9.17) is 9.47 Å². The van der Waals surface area contributed by atoms with Crippen molar-refractivity contribution in [2.75, 3.05) is 12.4 Å². The number of methoxy groups -OCH3 is 1. The van der Waals surface area contributed by atoms with E-state index in [1.807, 2.05) is 54.6 Å². The lowest BCUT2D eigenvalue weighted by Crippen LogP contribution is -2.11. The minimum Gasteiger partial charge on any atom is -0.493 e. The Hall–Kier alpha value is -4.19. The Bertz CT molecular complexity index is 1160. The highest BCUT2D eigenvalue weighted by atomic mass is 16.5. The van der Waals surface area contributed by atoms with Crippen molar-refractivity contribution >= 4 is 11.6 Å². The Labute approximate surface area is 174 Å². The van der Waals surface area contributed by atoms with Crippen LogP contribution in [0.2, 0.25) is 0 Å². The van der Waals surface area contributed by atoms with Crippen LogP contribution in [0.3, 0.4) is 0 Å². The van der Waals surface area contributed by atoms with E-state index in [1.165, 1.54) is 0 Å². The van der Waals surface area contributed by atoms with Crippen LogP contribution in [0.4, 0.5) is 5.69 Å². The molecule has 4 rings (SSSR count). The second-order valence-corrected chi connectivity index (χ2v) is 6.37. The van der Waals surface area contributed by atoms with E-state index in [0.717, 1.165) is 5.69 Å². The summed E-state index contributed by atoms with van der Waals surface area (Å²) >= 11 is 0. The van der Waals surface area contributed by atoms with E-state index in [1.54, 1.807) is 43.6 Å². The number of carbonyl (C=O) groups is 1. The van der Waals surface area contributed by atoms with Gasteiger partial charge in [-0.15, -0.1) is 0 Å². The molecule has 0 spiro atoms. The zero-order valence-electron chi connectivity index (χ0n) is 16.3. The van der Waals surface area contributed by atoms with Gasteiger partial charge in [-0.25, -0.2) is 4.98 Å². The van der Waals surface area contributed by atoms with Gasteiger partial charge in [0.2, 0.25) is 5.88 Å². The fourth-order valence-electron chi connectivity index (χ4n) is 2.88. The maximum atomic E-state index is 12.6. The van der Waals surface area contributed by atoms with Crippen molar-refractivity contribution in [2.24, 2.45) is 0 Å². The molecule has 0 fully saturated rings. The van der Waals surface area contributed by atoms with Gasteiger partial charge in [0, 0.05) is 29.1 Å². The third-order valence-corrected chi connectivity index (χ3v) is 4.33. The average Bonchev–Trinajstić information content (AvgIpc) is 2.80. The first-order valence-electron chi connectivity index (χ1n) is 9.34. The smallest absolute Gasteiger partial charge is 0.255 e. The number of rotatable bonds is 6. The first-order valence-corrected chi connectivity index (χ1v) is 9.34. The minimum absolute atomic E-state index is 0.204. The summed E-state index contributed by atoms with van der Waals surface area (Å²) in [6.07, 6.45) is 1.61. The molecule has 0 saturated carbocycles. The molecule has 1 aromatic heterocycles. The van der Waals surface area contributed by atoms with Crippen molar-refractivity contribution in [1.82, 2.24) is 9.97 Å². The SMILES string of the molecule is COc1ccccc1Oc1ccnc(-c2cccc(C(=O)Nc3ccccc3)c2)n1. The number of carbonyl (C=O) groups excluding carboxylic acids is 1. The molecule has 0 atom stereocenters. The quantitative estimate of drug-likeness (QED) is 0.484. The molecule has 1 heterocycles. The summed E-state index contributed by atoms with van der Waals surface area (Å²) in [5.74, 6) is 1.79. The third-order valence-electron chi connectivity index (χ3n) is 4.33. The van der Waals surface area contributed by atoms with Gasteiger partial charge in [0.25, 0.3) is 5.91 Å². The highest BCUT2D eigenvalue weighted by molar-refractivity contribution is 6.04. The molecule has 148 valence electrons. The van der Waals surface area contributed by atoms with Crippen LogP contribution >= 0.6 is 0 Å². The maximum Gasteiger partial charge on any atom is 0.255 e. The van der Waals surface area contributed by atoms with E-state index in [-0.39, 0.29) is 5.91 Å². The van der Waals surface area contributed by atoms with E-state index >= 15 is 0 Å². The van der Waals surface area contributed by atoms with Crippen molar-refractivity contribution < 1.29 is 14.3 Å². The summed E-state index contributed by atoms with van der Waals surface area (Å²) in [5.41, 5.74) is 1.95. The third kappa shape index (κ3) is 4.44. The summed E-state index contributed by atoms with van der Waals surface area (Å²) in [6, 6.07) is 25.5. The minimum atomic E-state index is -0.204. The van der Waals surface area contributed by atoms with Crippen LogP contribution < -0.4 is 14.8 Å². The molecule has 1 N–H and O–H groups in total. The molecule has 4 aromatic rings. The predicted octanol–water partition coefficient (Wildman–Crippen LogP) is 5.20. The molecule has 6 heteroatoms. The lowest BCUT2D eigenvalue weighted by molar-refractivity contribution is 0.102. The highest BCUT2D eigenvalue weighted by Gasteiger charge is 2.11. The second kappa shape index (κ2) is 8.87. The largest absolute Gasteiger partial charge is 0.493 e. The number of aromatic nitrogens is 2. The zero-order chi connectivity index (χ0) is 20.8. The molecular weight excluding hydrogens is 378 g/mol. The summed E-state index contributed by atoms with van der Waals surface area (Å²) in [5, 5.41) is 2.88. The Kier molecular flexibility index (Phi) is 5.66. The van der Waals surface area contributed by atoms with E-state index < -0.39 is 0 Å². The fourth-order valence-corrected chi connectivity index (χ4v) is 2.88. The van der Waals surface area contributed by atoms with Gasteiger partial charge in [-0.3, -0.25) is 4.79 Å². The molecule has 0 aliphatic carbocycles. The molecule has 6 nitrogen and oxygen atoms in total. The summed E-state index contributed by atoms with van der Waals surface area (Å²) in [7, 11) is 1.58. The number of amides is 1. The van der Waals surface area contributed by atoms with Crippen molar-refractivity contribution in [3.63, 3.8) is 0 Å². The summed E-state index contributed by atoms with van der Waals surface area (Å²) < 4.78 is 11.2. The van der Waals surface area contributed by atoms with Gasteiger partial charge < -0.3 is 14.8 Å². The molecule has 0 unspecified atom stereocenters. The molecular formula is C24H19N3O3. The standard InChI is InChI=1S/C24H19N3O3/c1-29-20-12-5-6-13-21(20)30-22-14-15-25-23(27-22)17-8-7-9-18(16-17)24(28)26-19-10-3-2-4-11-19/h2-16H,1H3,(H,26,28). The number of para-hydroxylation sites is 3. The van der Waals surface area contributed by atoms with E-state index in [2.05, 4.69) is 15.3 Å². The number of nitrogens with zero attached hydrogens (tertiary/aromatic N) is 2. The summed E-state index contributed by atoms with van der Waals surface area (Å²) in [4.78, 5) is 21.4. The van der Waals surface area contributed by atoms with Gasteiger partial charge in [-0.1, -0.05) is 42.5 Å². The molecule has 0 bridgehead atoms. The lowest BCUT2D eigenvalue weighted by Gasteiger charge is -2.10. The number of anilines is 1. The van der Waals surface area contributed by atoms with Crippen LogP contribution in [0, 0.1) is 0 Å². The normalized spacial score (nSPS) is 10.3. The number of hydrogen-bond acceptors (Lipinski definition) is 5. The fraction of sp³-hybridized carbons (Fsp3) is 0.0417. The first kappa shape index (κ1) is 19.1. The van der Waals surface area contributed by atoms with Gasteiger partial charge in [-0.2, -0.15) is 4.98 Å². The highest BCUT2D eigenvalue weighted by Crippen LogP contribution is 2.30. The summed E-state index contributed by atoms with van der Waals surface area (Å²) in [6.45, 7) is 0. The lowest BCUT2D eigenvalue weighted by atomic mass is 10.1. The molecule has 30 heavy (non-hydrogen) atoms. The maximum absolute atomic E-state index is 12.6. The van der Waals surface area contributed by atoms with E-state index in [0.29, 0.717) is 34.3 Å². The van der Waals surface area contributed by atoms with Crippen LogP contribution in [0.25, 0.3) is 11.4 Å². The van der Waals surface area contributed by atoms with E-state index in [9.17, 15) is 4.79 Å². The van der Waals surface area contributed by atoms with Crippen molar-refractivity contribution in [3.8, 4) is 28.8 Å². The molecule has 0 aliphatic heterocycles. The van der Waals surface area contributed by atoms with Crippen molar-refractivity contribution in [1.29, 1.82) is 0 Å². The number of benzene rings is 3. The van der Waals surface area contributed by atoms with Crippen LogP contribution in [0.1, 0.15) is 10.4 Å². The van der Waals surface area contributed by atoms with Gasteiger partial charge in [0.1, 0.15) is 0 Å². The van der Waals surface area contributed by atoms with Crippen LogP contribution in [-0.4, -0.2) is 23.0 Å². The van der Waals surface area contributed by atoms with Gasteiger partial charge in [0.15, 0.2) is 17.3 Å². The van der Waals surface area contributed by atoms with Crippen LogP contribution in [0.5, 0.6) is 17.4 Å². The Morgan fingerprint density at radius 2 is 1.63 bits per heavy atom. The topological polar surface area (TPSA) is 73.3 Å². The molecule has 3 aromatic carbocycles. The van der Waals surface area contributed by atoms with Gasteiger partial charge in [-0.05, 0) is 36.4 Å². The number of nitrogens with one attached hydrogen (secondary N) is 1. The number of hydrogen-bond donors (Lipinski definition) is 1. The monoisotopic (exact) mass is 397 g/mol. The average molecular weight is 397 g/mol. The predicted molar refractivity (Wildman–Crippen MR) is 115 cm³/mol. The molecule has 0 radical (unpaired) electrons. The zero-order valence-corrected chi connectivity index (χ0v) is 16.3. The Morgan fingerprint density at radius 3 is 2.43 bits per heavy atom. The van der Waals surface area contributed by atoms with Gasteiger partial charge >= 0.3 is 0 Å². The van der Waals surface area contributed by atoms with Gasteiger partial charge in [0.05, 0.1) is 7.11 Å². The second-order valence-electron chi connectivity index (χ2n) is 6.37. The number of ether oxygens (including phenoxy) is 2. The van der Waals surface area contributed by atoms with Crippen molar-refractivity contribution in [2.45, 2.75) is 0 Å². The van der Waals surface area contributed by atoms with Crippen molar-refractivity contribution in [3.05, 3.63) is 96.7 Å². The van der Waals surface area contributed by atoms with Crippen LogP contribution in [0.15, 0.2) is 91.1 Å².